The summed E-state index contributed by atoms with van der Waals surface area (Å²) in [5, 5.41) is 0. The molecule has 0 aromatic heterocycles. The van der Waals surface area contributed by atoms with Crippen molar-refractivity contribution in [1.82, 2.24) is 0 Å². The molecule has 0 fully saturated rings. The second-order valence-corrected chi connectivity index (χ2v) is 14.6. The van der Waals surface area contributed by atoms with E-state index >= 15 is 0 Å². The van der Waals surface area contributed by atoms with Crippen LogP contribution in [0.15, 0.2) is 105 Å². The van der Waals surface area contributed by atoms with E-state index in [0.717, 1.165) is 5.56 Å². The van der Waals surface area contributed by atoms with Gasteiger partial charge in [0.15, 0.2) is 14.7 Å². The SMILES string of the molecule is C=Cc1cc(C(C)C)c(S(=O)(=O)[O-])c(C(C)C)c1.Cc1ccc([S+](c2ccc(C)cc2)c2cc(C)cc(C)c2)cc1. The summed E-state index contributed by atoms with van der Waals surface area (Å²) >= 11 is 0. The molecule has 0 N–H and O–H groups in total. The largest absolute Gasteiger partial charge is 0.744 e. The molecule has 0 bridgehead atoms. The van der Waals surface area contributed by atoms with E-state index in [-0.39, 0.29) is 27.6 Å². The highest BCUT2D eigenvalue weighted by molar-refractivity contribution is 7.97. The summed E-state index contributed by atoms with van der Waals surface area (Å²) in [6.45, 7) is 19.9. The van der Waals surface area contributed by atoms with Crippen LogP contribution in [-0.4, -0.2) is 13.0 Å². The Bertz CT molecular complexity index is 1500. The molecule has 0 heterocycles. The maximum Gasteiger partial charge on any atom is 0.167 e. The van der Waals surface area contributed by atoms with Crippen LogP contribution in [0.3, 0.4) is 0 Å². The molecule has 4 aromatic carbocycles. The molecule has 4 aromatic rings. The first-order valence-electron chi connectivity index (χ1n) is 13.9. The van der Waals surface area contributed by atoms with Crippen molar-refractivity contribution < 1.29 is 13.0 Å². The topological polar surface area (TPSA) is 57.2 Å². The van der Waals surface area contributed by atoms with Crippen molar-refractivity contribution in [3.8, 4) is 0 Å². The lowest BCUT2D eigenvalue weighted by atomic mass is 9.93. The molecule has 5 heteroatoms. The molecule has 3 nitrogen and oxygen atoms in total. The van der Waals surface area contributed by atoms with Gasteiger partial charge < -0.3 is 4.55 Å². The summed E-state index contributed by atoms with van der Waals surface area (Å²) < 4.78 is 34.5. The van der Waals surface area contributed by atoms with Crippen molar-refractivity contribution in [1.29, 1.82) is 0 Å². The van der Waals surface area contributed by atoms with Gasteiger partial charge in [0.25, 0.3) is 0 Å². The Morgan fingerprint density at radius 3 is 1.34 bits per heavy atom. The molecule has 0 amide bonds. The molecule has 0 aliphatic rings. The van der Waals surface area contributed by atoms with E-state index in [1.807, 2.05) is 27.7 Å². The van der Waals surface area contributed by atoms with Crippen LogP contribution < -0.4 is 0 Å². The Morgan fingerprint density at radius 2 is 1.02 bits per heavy atom. The van der Waals surface area contributed by atoms with E-state index < -0.39 is 10.1 Å². The van der Waals surface area contributed by atoms with E-state index in [0.29, 0.717) is 11.1 Å². The number of hydrogen-bond donors (Lipinski definition) is 0. The fraction of sp³-hybridized carbons (Fsp3) is 0.278. The Morgan fingerprint density at radius 1 is 0.634 bits per heavy atom. The summed E-state index contributed by atoms with van der Waals surface area (Å²) in [5.41, 5.74) is 7.27. The lowest BCUT2D eigenvalue weighted by Crippen LogP contribution is -2.10. The fourth-order valence-corrected chi connectivity index (χ4v) is 8.18. The van der Waals surface area contributed by atoms with E-state index in [1.54, 1.807) is 18.2 Å². The minimum Gasteiger partial charge on any atom is -0.744 e. The number of benzene rings is 4. The number of hydrogen-bond acceptors (Lipinski definition) is 3. The van der Waals surface area contributed by atoms with Crippen LogP contribution in [0.1, 0.15) is 78.5 Å². The van der Waals surface area contributed by atoms with Gasteiger partial charge in [-0.3, -0.25) is 0 Å². The second-order valence-electron chi connectivity index (χ2n) is 11.3. The maximum atomic E-state index is 11.5. The van der Waals surface area contributed by atoms with Gasteiger partial charge in [-0.05, 0) is 104 Å². The van der Waals surface area contributed by atoms with E-state index in [1.165, 1.54) is 36.9 Å². The minimum atomic E-state index is -4.46. The molecule has 0 radical (unpaired) electrons. The Labute approximate surface area is 250 Å². The zero-order chi connectivity index (χ0) is 30.5. The Balaban J connectivity index is 0.000000233. The molecule has 0 spiro atoms. The zero-order valence-electron chi connectivity index (χ0n) is 25.5. The van der Waals surface area contributed by atoms with Crippen molar-refractivity contribution in [3.63, 3.8) is 0 Å². The summed E-state index contributed by atoms with van der Waals surface area (Å²) in [7, 11) is -4.52. The standard InChI is InChI=1S/C22H23S.C14H20O3S/c1-16-5-9-20(10-6-16)23(21-11-7-17(2)8-12-21)22-14-18(3)13-19(4)15-22;1-6-11-7-12(9(2)3)14(18(15,16)17)13(8-11)10(4)5/h5-15H,1-4H3;6-10H,1H2,2-5H3,(H,15,16,17)/q+1;/p-1. The molecule has 0 aliphatic heterocycles. The third kappa shape index (κ3) is 8.45. The smallest absolute Gasteiger partial charge is 0.167 e. The fourth-order valence-electron chi connectivity index (χ4n) is 4.77. The first kappa shape index (κ1) is 32.4. The van der Waals surface area contributed by atoms with Crippen LogP contribution in [-0.2, 0) is 21.0 Å². The molecular formula is C36H42O3S2. The first-order valence-corrected chi connectivity index (χ1v) is 16.6. The Kier molecular flexibility index (Phi) is 10.8. The second kappa shape index (κ2) is 13.7. The molecule has 0 atom stereocenters. The molecule has 0 unspecified atom stereocenters. The Hall–Kier alpha value is -3.12. The monoisotopic (exact) mass is 586 g/mol. The van der Waals surface area contributed by atoms with Crippen molar-refractivity contribution in [2.75, 3.05) is 0 Å². The third-order valence-corrected chi connectivity index (χ3v) is 10.0. The van der Waals surface area contributed by atoms with Crippen molar-refractivity contribution in [2.45, 2.75) is 86.8 Å². The van der Waals surface area contributed by atoms with E-state index in [9.17, 15) is 13.0 Å². The maximum absolute atomic E-state index is 11.5. The number of aryl methyl sites for hydroxylation is 4. The lowest BCUT2D eigenvalue weighted by Gasteiger charge is -2.22. The summed E-state index contributed by atoms with van der Waals surface area (Å²) in [6, 6.07) is 28.3. The van der Waals surface area contributed by atoms with Gasteiger partial charge in [0.1, 0.15) is 10.1 Å². The molecular weight excluding hydrogens is 545 g/mol. The normalized spacial score (nSPS) is 11.5. The zero-order valence-corrected chi connectivity index (χ0v) is 27.1. The summed E-state index contributed by atoms with van der Waals surface area (Å²) in [6.07, 6.45) is 1.67. The average molecular weight is 587 g/mol. The van der Waals surface area contributed by atoms with Gasteiger partial charge in [0, 0.05) is 0 Å². The molecule has 0 saturated carbocycles. The van der Waals surface area contributed by atoms with Crippen molar-refractivity contribution in [3.05, 3.63) is 124 Å². The molecule has 0 saturated heterocycles. The molecule has 216 valence electrons. The van der Waals surface area contributed by atoms with Gasteiger partial charge in [0.2, 0.25) is 0 Å². The predicted molar refractivity (Wildman–Crippen MR) is 173 cm³/mol. The minimum absolute atomic E-state index is 0.0267. The van der Waals surface area contributed by atoms with Crippen LogP contribution in [0, 0.1) is 27.7 Å². The number of rotatable bonds is 7. The van der Waals surface area contributed by atoms with Gasteiger partial charge in [-0.15, -0.1) is 0 Å². The summed E-state index contributed by atoms with van der Waals surface area (Å²) in [4.78, 5) is 4.10. The quantitative estimate of drug-likeness (QED) is 0.160. The highest BCUT2D eigenvalue weighted by Crippen LogP contribution is 2.34. The van der Waals surface area contributed by atoms with E-state index in [4.69, 9.17) is 0 Å². The van der Waals surface area contributed by atoms with Gasteiger partial charge in [-0.1, -0.05) is 93.9 Å². The summed E-state index contributed by atoms with van der Waals surface area (Å²) in [5.74, 6) is -0.0535. The third-order valence-electron chi connectivity index (χ3n) is 6.84. The van der Waals surface area contributed by atoms with Gasteiger partial charge >= 0.3 is 0 Å². The van der Waals surface area contributed by atoms with Crippen LogP contribution in [0.25, 0.3) is 6.08 Å². The predicted octanol–water partition coefficient (Wildman–Crippen LogP) is 9.50. The molecule has 4 rings (SSSR count). The van der Waals surface area contributed by atoms with Gasteiger partial charge in [-0.2, -0.15) is 0 Å². The van der Waals surface area contributed by atoms with Crippen LogP contribution >= 0.6 is 0 Å². The average Bonchev–Trinajstić information content (AvgIpc) is 2.89. The molecule has 41 heavy (non-hydrogen) atoms. The van der Waals surface area contributed by atoms with Crippen LogP contribution in [0.4, 0.5) is 0 Å². The highest BCUT2D eigenvalue weighted by Gasteiger charge is 2.29. The van der Waals surface area contributed by atoms with Crippen molar-refractivity contribution in [2.24, 2.45) is 0 Å². The van der Waals surface area contributed by atoms with Crippen LogP contribution in [0.2, 0.25) is 0 Å². The molecule has 0 aliphatic carbocycles. The first-order chi connectivity index (χ1) is 19.2. The van der Waals surface area contributed by atoms with Gasteiger partial charge in [-0.25, -0.2) is 8.42 Å². The highest BCUT2D eigenvalue weighted by atomic mass is 32.2. The van der Waals surface area contributed by atoms with Crippen LogP contribution in [0.5, 0.6) is 0 Å². The van der Waals surface area contributed by atoms with Gasteiger partial charge in [0.05, 0.1) is 15.8 Å². The van der Waals surface area contributed by atoms with Crippen molar-refractivity contribution >= 4 is 27.1 Å². The van der Waals surface area contributed by atoms with E-state index in [2.05, 4.69) is 101 Å². The lowest BCUT2D eigenvalue weighted by molar-refractivity contribution is 0.459.